The average molecular weight is 668 g/mol. The molecule has 11 aromatic rings. The second-order valence-electron chi connectivity index (χ2n) is 13.2. The highest BCUT2D eigenvalue weighted by atomic mass is 16.3. The van der Waals surface area contributed by atoms with Gasteiger partial charge in [0.1, 0.15) is 16.7 Å². The first kappa shape index (κ1) is 28.7. The summed E-state index contributed by atoms with van der Waals surface area (Å²) in [6, 6.07) is 61.5. The van der Waals surface area contributed by atoms with Gasteiger partial charge in [-0.3, -0.25) is 0 Å². The zero-order valence-corrected chi connectivity index (χ0v) is 27.9. The number of hydrogen-bond donors (Lipinski definition) is 0. The van der Waals surface area contributed by atoms with Crippen molar-refractivity contribution in [1.29, 1.82) is 0 Å². The first-order valence-electron chi connectivity index (χ1n) is 17.5. The SMILES string of the molecule is c1ccc(-c2nc3cc(N(c4ccc5oc6ccccc6c5c4)c4cccc5c6c7ccccc7ccc6n(-c6ccccc6)c45)ccc3o2)cc1. The highest BCUT2D eigenvalue weighted by molar-refractivity contribution is 6.24. The van der Waals surface area contributed by atoms with Gasteiger partial charge in [-0.15, -0.1) is 0 Å². The lowest BCUT2D eigenvalue weighted by atomic mass is 10.0. The van der Waals surface area contributed by atoms with Crippen molar-refractivity contribution in [3.63, 3.8) is 0 Å². The molecule has 244 valence electrons. The van der Waals surface area contributed by atoms with Gasteiger partial charge in [-0.25, -0.2) is 4.98 Å². The smallest absolute Gasteiger partial charge is 0.227 e. The molecular formula is C47H29N3O2. The Hall–Kier alpha value is -7.11. The van der Waals surface area contributed by atoms with Gasteiger partial charge in [0.15, 0.2) is 5.58 Å². The molecule has 0 spiro atoms. The van der Waals surface area contributed by atoms with Crippen LogP contribution in [0.1, 0.15) is 0 Å². The normalized spacial score (nSPS) is 11.8. The van der Waals surface area contributed by atoms with Crippen LogP contribution in [0.15, 0.2) is 185 Å². The summed E-state index contributed by atoms with van der Waals surface area (Å²) in [6.45, 7) is 0. The highest BCUT2D eigenvalue weighted by Crippen LogP contribution is 2.46. The highest BCUT2D eigenvalue weighted by Gasteiger charge is 2.24. The quantitative estimate of drug-likeness (QED) is 0.183. The van der Waals surface area contributed by atoms with Crippen LogP contribution in [-0.4, -0.2) is 9.55 Å². The number of para-hydroxylation sites is 3. The molecule has 0 unspecified atom stereocenters. The molecule has 0 aliphatic rings. The number of furan rings is 1. The van der Waals surface area contributed by atoms with Crippen molar-refractivity contribution in [2.24, 2.45) is 0 Å². The van der Waals surface area contributed by atoms with E-state index < -0.39 is 0 Å². The number of oxazole rings is 1. The number of rotatable bonds is 5. The van der Waals surface area contributed by atoms with Crippen LogP contribution in [0.25, 0.3) is 82.8 Å². The number of anilines is 3. The molecule has 5 nitrogen and oxygen atoms in total. The molecule has 52 heavy (non-hydrogen) atoms. The Morgan fingerprint density at radius 3 is 2.04 bits per heavy atom. The molecular weight excluding hydrogens is 639 g/mol. The van der Waals surface area contributed by atoms with E-state index in [1.807, 2.05) is 48.5 Å². The molecule has 0 atom stereocenters. The van der Waals surface area contributed by atoms with Gasteiger partial charge in [0.2, 0.25) is 5.89 Å². The second-order valence-corrected chi connectivity index (χ2v) is 13.2. The molecule has 0 saturated carbocycles. The van der Waals surface area contributed by atoms with E-state index in [1.165, 1.54) is 21.5 Å². The van der Waals surface area contributed by atoms with E-state index in [-0.39, 0.29) is 0 Å². The van der Waals surface area contributed by atoms with Crippen LogP contribution in [0.4, 0.5) is 17.1 Å². The third kappa shape index (κ3) is 4.33. The summed E-state index contributed by atoms with van der Waals surface area (Å²) in [5.74, 6) is 0.601. The van der Waals surface area contributed by atoms with Crippen molar-refractivity contribution in [1.82, 2.24) is 9.55 Å². The van der Waals surface area contributed by atoms with Gasteiger partial charge in [0, 0.05) is 44.2 Å². The van der Waals surface area contributed by atoms with E-state index >= 15 is 0 Å². The van der Waals surface area contributed by atoms with Gasteiger partial charge in [0.25, 0.3) is 0 Å². The number of benzene rings is 8. The maximum atomic E-state index is 6.28. The van der Waals surface area contributed by atoms with Gasteiger partial charge in [-0.05, 0) is 89.6 Å². The van der Waals surface area contributed by atoms with E-state index in [4.69, 9.17) is 13.8 Å². The Bertz CT molecular complexity index is 3140. The lowest BCUT2D eigenvalue weighted by Crippen LogP contribution is -2.11. The zero-order chi connectivity index (χ0) is 34.2. The van der Waals surface area contributed by atoms with Crippen molar-refractivity contribution in [3.05, 3.63) is 176 Å². The number of aromatic nitrogens is 2. The molecule has 0 amide bonds. The van der Waals surface area contributed by atoms with Gasteiger partial charge < -0.3 is 18.3 Å². The Kier molecular flexibility index (Phi) is 6.18. The Morgan fingerprint density at radius 1 is 0.481 bits per heavy atom. The molecule has 0 radical (unpaired) electrons. The van der Waals surface area contributed by atoms with E-state index in [2.05, 4.69) is 137 Å². The predicted octanol–water partition coefficient (Wildman–Crippen LogP) is 13.1. The standard InChI is InChI=1S/C47H29N3O2/c1-3-13-31(14-4-1)47-48-39-29-34(24-27-44(39)52-47)49(33-23-26-43-38(28-33)36-18-9-10-21-42(36)51-43)41-20-11-19-37-45-35-17-8-7-12-30(35)22-25-40(45)50(46(37)41)32-15-5-2-6-16-32/h1-29H. The molecule has 0 N–H and O–H groups in total. The van der Waals surface area contributed by atoms with E-state index in [1.54, 1.807) is 0 Å². The lowest BCUT2D eigenvalue weighted by Gasteiger charge is -2.27. The zero-order valence-electron chi connectivity index (χ0n) is 27.9. The summed E-state index contributed by atoms with van der Waals surface area (Å²) >= 11 is 0. The molecule has 5 heteroatoms. The van der Waals surface area contributed by atoms with Crippen LogP contribution >= 0.6 is 0 Å². The Labute approximate surface area is 298 Å². The fraction of sp³-hybridized carbons (Fsp3) is 0. The van der Waals surface area contributed by atoms with Crippen molar-refractivity contribution in [3.8, 4) is 17.1 Å². The number of fused-ring (bicyclic) bond motifs is 9. The monoisotopic (exact) mass is 667 g/mol. The van der Waals surface area contributed by atoms with E-state index in [0.717, 1.165) is 72.4 Å². The van der Waals surface area contributed by atoms with Crippen LogP contribution in [0.5, 0.6) is 0 Å². The van der Waals surface area contributed by atoms with Gasteiger partial charge >= 0.3 is 0 Å². The topological polar surface area (TPSA) is 47.3 Å². The molecule has 0 bridgehead atoms. The first-order chi connectivity index (χ1) is 25.8. The van der Waals surface area contributed by atoms with Crippen molar-refractivity contribution in [2.45, 2.75) is 0 Å². The molecule has 0 aliphatic heterocycles. The lowest BCUT2D eigenvalue weighted by molar-refractivity contribution is 0.620. The minimum absolute atomic E-state index is 0.601. The average Bonchev–Trinajstić information content (AvgIpc) is 3.91. The third-order valence-corrected chi connectivity index (χ3v) is 10.2. The van der Waals surface area contributed by atoms with Crippen LogP contribution in [-0.2, 0) is 0 Å². The third-order valence-electron chi connectivity index (χ3n) is 10.2. The van der Waals surface area contributed by atoms with E-state index in [0.29, 0.717) is 5.89 Å². The summed E-state index contributed by atoms with van der Waals surface area (Å²) in [5, 5.41) is 7.01. The largest absolute Gasteiger partial charge is 0.456 e. The van der Waals surface area contributed by atoms with Crippen LogP contribution < -0.4 is 4.90 Å². The molecule has 8 aromatic carbocycles. The Balaban J connectivity index is 1.24. The predicted molar refractivity (Wildman–Crippen MR) is 213 cm³/mol. The van der Waals surface area contributed by atoms with Gasteiger partial charge in [-0.1, -0.05) is 97.1 Å². The summed E-state index contributed by atoms with van der Waals surface area (Å²) in [7, 11) is 0. The van der Waals surface area contributed by atoms with Gasteiger partial charge in [0.05, 0.1) is 16.7 Å². The molecule has 3 heterocycles. The minimum atomic E-state index is 0.601. The Morgan fingerprint density at radius 2 is 1.17 bits per heavy atom. The maximum Gasteiger partial charge on any atom is 0.227 e. The van der Waals surface area contributed by atoms with Crippen LogP contribution in [0.3, 0.4) is 0 Å². The van der Waals surface area contributed by atoms with Gasteiger partial charge in [-0.2, -0.15) is 0 Å². The summed E-state index contributed by atoms with van der Waals surface area (Å²) in [5.41, 5.74) is 10.6. The molecule has 0 fully saturated rings. The summed E-state index contributed by atoms with van der Waals surface area (Å²) in [6.07, 6.45) is 0. The van der Waals surface area contributed by atoms with Crippen LogP contribution in [0.2, 0.25) is 0 Å². The van der Waals surface area contributed by atoms with Crippen LogP contribution in [0, 0.1) is 0 Å². The molecule has 0 aliphatic carbocycles. The maximum absolute atomic E-state index is 6.28. The summed E-state index contributed by atoms with van der Waals surface area (Å²) < 4.78 is 15.0. The number of hydrogen-bond acceptors (Lipinski definition) is 4. The fourth-order valence-corrected chi connectivity index (χ4v) is 7.88. The number of nitrogens with zero attached hydrogens (tertiary/aromatic N) is 3. The second kappa shape index (κ2) is 11.2. The first-order valence-corrected chi connectivity index (χ1v) is 17.5. The molecule has 3 aromatic heterocycles. The fourth-order valence-electron chi connectivity index (χ4n) is 7.88. The van der Waals surface area contributed by atoms with E-state index in [9.17, 15) is 0 Å². The molecule has 0 saturated heterocycles. The molecule has 11 rings (SSSR count). The van der Waals surface area contributed by atoms with Crippen molar-refractivity contribution >= 4 is 82.7 Å². The van der Waals surface area contributed by atoms with Crippen molar-refractivity contribution in [2.75, 3.05) is 4.90 Å². The minimum Gasteiger partial charge on any atom is -0.456 e. The van der Waals surface area contributed by atoms with Crippen molar-refractivity contribution < 1.29 is 8.83 Å². The summed E-state index contributed by atoms with van der Waals surface area (Å²) in [4.78, 5) is 7.33.